The number of aliphatic hydroxyl groups is 1. The molecule has 1 rings (SSSR count). The summed E-state index contributed by atoms with van der Waals surface area (Å²) < 4.78 is 36.6. The fraction of sp³-hybridized carbons (Fsp3) is 0.250. The highest BCUT2D eigenvalue weighted by Crippen LogP contribution is 2.32. The Morgan fingerprint density at radius 1 is 1.21 bits per heavy atom. The first-order valence-electron chi connectivity index (χ1n) is 3.59. The lowest BCUT2D eigenvalue weighted by molar-refractivity contribution is -0.137. The van der Waals surface area contributed by atoms with Crippen molar-refractivity contribution in [3.63, 3.8) is 0 Å². The first-order valence-corrected chi connectivity index (χ1v) is 3.97. The van der Waals surface area contributed by atoms with Crippen LogP contribution in [0.4, 0.5) is 13.2 Å². The lowest BCUT2D eigenvalue weighted by atomic mass is 9.90. The molecule has 0 aromatic heterocycles. The number of hydrogen-bond donors (Lipinski definition) is 1. The van der Waals surface area contributed by atoms with E-state index in [1.807, 2.05) is 0 Å². The molecule has 1 aromatic carbocycles. The highest BCUT2D eigenvalue weighted by molar-refractivity contribution is 6.42. The van der Waals surface area contributed by atoms with Crippen molar-refractivity contribution in [1.29, 1.82) is 0 Å². The molecule has 1 aromatic rings. The average Bonchev–Trinajstić information content (AvgIpc) is 2.01. The molecule has 0 bridgehead atoms. The third-order valence-corrected chi connectivity index (χ3v) is 1.81. The van der Waals surface area contributed by atoms with Crippen molar-refractivity contribution in [1.82, 2.24) is 0 Å². The van der Waals surface area contributed by atoms with Gasteiger partial charge in [-0.1, -0.05) is 23.7 Å². The molecule has 0 saturated carbocycles. The number of halogens is 4. The summed E-state index contributed by atoms with van der Waals surface area (Å²) in [7, 11) is 5.02. The van der Waals surface area contributed by atoms with E-state index in [0.717, 1.165) is 12.1 Å². The Labute approximate surface area is 84.9 Å². The molecule has 1 nitrogen and oxygen atoms in total. The highest BCUT2D eigenvalue weighted by Gasteiger charge is 2.31. The van der Waals surface area contributed by atoms with E-state index in [-0.39, 0.29) is 5.56 Å². The van der Waals surface area contributed by atoms with Crippen LogP contribution in [0.5, 0.6) is 0 Å². The van der Waals surface area contributed by atoms with Crippen LogP contribution in [-0.2, 0) is 11.1 Å². The molecule has 2 radical (unpaired) electrons. The maximum absolute atomic E-state index is 12.2. The van der Waals surface area contributed by atoms with Crippen LogP contribution < -0.4 is 0 Å². The van der Waals surface area contributed by atoms with Crippen molar-refractivity contribution >= 4 is 19.4 Å². The van der Waals surface area contributed by atoms with Crippen molar-refractivity contribution in [2.45, 2.75) is 11.1 Å². The predicted octanol–water partition coefficient (Wildman–Crippen LogP) is 2.22. The summed E-state index contributed by atoms with van der Waals surface area (Å²) in [5, 5.41) is 9.06. The van der Waals surface area contributed by atoms with Crippen molar-refractivity contribution in [3.8, 4) is 0 Å². The van der Waals surface area contributed by atoms with Gasteiger partial charge in [0.15, 0.2) is 0 Å². The Bertz CT molecular complexity index is 303. The first-order chi connectivity index (χ1) is 6.21. The van der Waals surface area contributed by atoms with E-state index in [0.29, 0.717) is 6.07 Å². The predicted molar refractivity (Wildman–Crippen MR) is 46.9 cm³/mol. The van der Waals surface area contributed by atoms with Gasteiger partial charge in [-0.15, -0.1) is 0 Å². The first kappa shape index (κ1) is 11.4. The second-order valence-electron chi connectivity index (χ2n) is 2.75. The summed E-state index contributed by atoms with van der Waals surface area (Å²) in [4.78, 5) is -2.28. The fourth-order valence-electron chi connectivity index (χ4n) is 0.914. The Morgan fingerprint density at radius 2 is 1.71 bits per heavy atom. The third kappa shape index (κ3) is 2.65. The monoisotopic (exact) mass is 220 g/mol. The van der Waals surface area contributed by atoms with Crippen LogP contribution in [0.25, 0.3) is 0 Å². The molecule has 0 heterocycles. The molecule has 0 spiro atoms. The second kappa shape index (κ2) is 3.48. The van der Waals surface area contributed by atoms with Gasteiger partial charge in [0.1, 0.15) is 12.8 Å². The van der Waals surface area contributed by atoms with E-state index < -0.39 is 16.7 Å². The van der Waals surface area contributed by atoms with E-state index in [2.05, 4.69) is 0 Å². The normalized spacial score (nSPS) is 16.4. The van der Waals surface area contributed by atoms with Crippen LogP contribution in [0.1, 0.15) is 11.1 Å². The Morgan fingerprint density at radius 3 is 2.14 bits per heavy atom. The van der Waals surface area contributed by atoms with Crippen LogP contribution in [0.15, 0.2) is 24.3 Å². The number of rotatable bonds is 1. The largest absolute Gasteiger partial charge is 0.416 e. The molecular weight excluding hydrogens is 215 g/mol. The van der Waals surface area contributed by atoms with Crippen LogP contribution >= 0.6 is 11.6 Å². The summed E-state index contributed by atoms with van der Waals surface area (Å²) in [6.45, 7) is 0. The molecule has 14 heavy (non-hydrogen) atoms. The lowest BCUT2D eigenvalue weighted by Crippen LogP contribution is -2.18. The van der Waals surface area contributed by atoms with Crippen LogP contribution in [0.2, 0.25) is 0 Å². The van der Waals surface area contributed by atoms with Gasteiger partial charge in [0.2, 0.25) is 0 Å². The molecule has 0 aliphatic rings. The Kier molecular flexibility index (Phi) is 2.83. The summed E-state index contributed by atoms with van der Waals surface area (Å²) in [5.41, 5.74) is -1.10. The lowest BCUT2D eigenvalue weighted by Gasteiger charge is -2.17. The molecule has 0 fully saturated rings. The van der Waals surface area contributed by atoms with Crippen molar-refractivity contribution < 1.29 is 18.3 Å². The average molecular weight is 220 g/mol. The van der Waals surface area contributed by atoms with Crippen LogP contribution in [-0.4, -0.2) is 13.0 Å². The van der Waals surface area contributed by atoms with Gasteiger partial charge in [-0.3, -0.25) is 0 Å². The zero-order valence-corrected chi connectivity index (χ0v) is 7.60. The zero-order chi connectivity index (χ0) is 11.0. The maximum atomic E-state index is 12.2. The van der Waals surface area contributed by atoms with Gasteiger partial charge in [0.05, 0.1) is 5.56 Å². The van der Waals surface area contributed by atoms with Crippen LogP contribution in [0, 0.1) is 0 Å². The fourth-order valence-corrected chi connectivity index (χ4v) is 1.03. The summed E-state index contributed by atoms with van der Waals surface area (Å²) >= 11 is 5.25. The quantitative estimate of drug-likeness (QED) is 0.568. The summed E-state index contributed by atoms with van der Waals surface area (Å²) in [6, 6.07) is 3.90. The molecule has 1 unspecified atom stereocenters. The topological polar surface area (TPSA) is 20.2 Å². The van der Waals surface area contributed by atoms with Crippen LogP contribution in [0.3, 0.4) is 0 Å². The standard InChI is InChI=1S/C8H5BClF3O/c9-7(10,14)5-2-1-3-6(4-5)8(11,12)13/h1-4,14H. The number of alkyl halides is 4. The minimum absolute atomic E-state index is 0.200. The molecular formula is C8H5BClF3O. The van der Waals surface area contributed by atoms with Crippen molar-refractivity contribution in [2.75, 3.05) is 0 Å². The van der Waals surface area contributed by atoms with E-state index >= 15 is 0 Å². The van der Waals surface area contributed by atoms with Gasteiger partial charge >= 0.3 is 6.18 Å². The maximum Gasteiger partial charge on any atom is 0.416 e. The van der Waals surface area contributed by atoms with E-state index in [9.17, 15) is 13.2 Å². The molecule has 1 atom stereocenters. The van der Waals surface area contributed by atoms with Crippen molar-refractivity contribution in [3.05, 3.63) is 35.4 Å². The van der Waals surface area contributed by atoms with Gasteiger partial charge in [-0.05, 0) is 17.7 Å². The minimum atomic E-state index is -4.47. The van der Waals surface area contributed by atoms with Gasteiger partial charge in [-0.25, -0.2) is 0 Å². The highest BCUT2D eigenvalue weighted by atomic mass is 35.5. The number of benzene rings is 1. The summed E-state index contributed by atoms with van der Waals surface area (Å²) in [6.07, 6.45) is -4.47. The number of hydrogen-bond acceptors (Lipinski definition) is 1. The van der Waals surface area contributed by atoms with Gasteiger partial charge in [0, 0.05) is 0 Å². The van der Waals surface area contributed by atoms with Gasteiger partial charge in [-0.2, -0.15) is 13.2 Å². The molecule has 1 N–H and O–H groups in total. The van der Waals surface area contributed by atoms with E-state index in [1.165, 1.54) is 6.07 Å². The van der Waals surface area contributed by atoms with E-state index in [1.54, 1.807) is 0 Å². The molecule has 0 saturated heterocycles. The van der Waals surface area contributed by atoms with Gasteiger partial charge < -0.3 is 5.11 Å². The third-order valence-electron chi connectivity index (χ3n) is 1.59. The Balaban J connectivity index is 3.15. The minimum Gasteiger partial charge on any atom is -0.380 e. The molecule has 0 aliphatic carbocycles. The van der Waals surface area contributed by atoms with Crippen molar-refractivity contribution in [2.24, 2.45) is 0 Å². The van der Waals surface area contributed by atoms with E-state index in [4.69, 9.17) is 24.6 Å². The Hall–Kier alpha value is -0.675. The molecule has 74 valence electrons. The van der Waals surface area contributed by atoms with Gasteiger partial charge in [0.25, 0.3) is 0 Å². The second-order valence-corrected chi connectivity index (χ2v) is 3.33. The molecule has 0 amide bonds. The zero-order valence-electron chi connectivity index (χ0n) is 6.85. The molecule has 0 aliphatic heterocycles. The SMILES string of the molecule is [B]C(O)(Cl)c1cccc(C(F)(F)F)c1. The summed E-state index contributed by atoms with van der Waals surface area (Å²) in [5.74, 6) is 0. The molecule has 6 heteroatoms. The smallest absolute Gasteiger partial charge is 0.380 e.